The van der Waals surface area contributed by atoms with Crippen LogP contribution in [0.5, 0.6) is 0 Å². The Balaban J connectivity index is 2.94. The lowest BCUT2D eigenvalue weighted by atomic mass is 9.93. The normalized spacial score (nSPS) is 23.6. The van der Waals surface area contributed by atoms with Gasteiger partial charge in [-0.15, -0.1) is 0 Å². The predicted molar refractivity (Wildman–Crippen MR) is 70.4 cm³/mol. The highest BCUT2D eigenvalue weighted by molar-refractivity contribution is 5.22. The molecule has 0 aliphatic heterocycles. The summed E-state index contributed by atoms with van der Waals surface area (Å²) in [5, 5.41) is 10.2. The van der Waals surface area contributed by atoms with Crippen molar-refractivity contribution in [1.82, 2.24) is 0 Å². The fourth-order valence-corrected chi connectivity index (χ4v) is 2.12. The van der Waals surface area contributed by atoms with Gasteiger partial charge in [-0.3, -0.25) is 0 Å². The van der Waals surface area contributed by atoms with E-state index < -0.39 is 0 Å². The molecule has 16 heavy (non-hydrogen) atoms. The van der Waals surface area contributed by atoms with Crippen LogP contribution in [0.2, 0.25) is 0 Å². The molecule has 0 bridgehead atoms. The van der Waals surface area contributed by atoms with Crippen molar-refractivity contribution in [2.24, 2.45) is 0 Å². The summed E-state index contributed by atoms with van der Waals surface area (Å²) in [5.41, 5.74) is 5.18. The number of hydrogen-bond acceptors (Lipinski definition) is 1. The van der Waals surface area contributed by atoms with E-state index in [4.69, 9.17) is 0 Å². The maximum Gasteiger partial charge on any atom is 0.0792 e. The van der Waals surface area contributed by atoms with Gasteiger partial charge >= 0.3 is 0 Å². The van der Waals surface area contributed by atoms with E-state index in [1.807, 2.05) is 0 Å². The van der Waals surface area contributed by atoms with Gasteiger partial charge in [-0.2, -0.15) is 0 Å². The summed E-state index contributed by atoms with van der Waals surface area (Å²) in [6.07, 6.45) is 8.16. The van der Waals surface area contributed by atoms with E-state index in [1.54, 1.807) is 0 Å². The standard InChI is InChI=1S/C15H24O/c1-11(2)14-9-8-12(3)6-5-7-13(4)10-15(14)16/h7-8,15-16H,5-6,9-10H2,1-4H3. The van der Waals surface area contributed by atoms with Crippen LogP contribution in [0.3, 0.4) is 0 Å². The van der Waals surface area contributed by atoms with Crippen LogP contribution in [0.1, 0.15) is 53.4 Å². The second-order valence-corrected chi connectivity index (χ2v) is 5.09. The first-order chi connectivity index (χ1) is 7.50. The first-order valence-corrected chi connectivity index (χ1v) is 6.16. The van der Waals surface area contributed by atoms with Crippen LogP contribution in [-0.2, 0) is 0 Å². The molecule has 0 aromatic rings. The average molecular weight is 220 g/mol. The Morgan fingerprint density at radius 3 is 2.50 bits per heavy atom. The molecule has 1 unspecified atom stereocenters. The van der Waals surface area contributed by atoms with Gasteiger partial charge in [0, 0.05) is 0 Å². The molecule has 1 rings (SSSR count). The zero-order valence-corrected chi connectivity index (χ0v) is 11.0. The summed E-state index contributed by atoms with van der Waals surface area (Å²) in [5.74, 6) is 0. The fraction of sp³-hybridized carbons (Fsp3) is 0.600. The Morgan fingerprint density at radius 1 is 1.19 bits per heavy atom. The van der Waals surface area contributed by atoms with Crippen LogP contribution in [-0.4, -0.2) is 11.2 Å². The topological polar surface area (TPSA) is 20.2 Å². The molecule has 0 spiro atoms. The fourth-order valence-electron chi connectivity index (χ4n) is 2.12. The van der Waals surface area contributed by atoms with Crippen molar-refractivity contribution < 1.29 is 5.11 Å². The highest BCUT2D eigenvalue weighted by Crippen LogP contribution is 2.23. The zero-order chi connectivity index (χ0) is 12.1. The molecule has 0 aromatic heterocycles. The van der Waals surface area contributed by atoms with Gasteiger partial charge in [-0.25, -0.2) is 0 Å². The number of aliphatic hydroxyl groups is 1. The Labute approximate surface area is 99.6 Å². The van der Waals surface area contributed by atoms with Crippen molar-refractivity contribution in [2.75, 3.05) is 0 Å². The number of allylic oxidation sites excluding steroid dienone is 4. The molecule has 1 heteroatoms. The second-order valence-electron chi connectivity index (χ2n) is 5.09. The van der Waals surface area contributed by atoms with E-state index in [0.717, 1.165) is 25.7 Å². The third kappa shape index (κ3) is 3.97. The molecule has 0 saturated carbocycles. The van der Waals surface area contributed by atoms with Gasteiger partial charge in [-0.1, -0.05) is 28.9 Å². The maximum atomic E-state index is 10.2. The smallest absolute Gasteiger partial charge is 0.0792 e. The lowest BCUT2D eigenvalue weighted by Crippen LogP contribution is -2.12. The first kappa shape index (κ1) is 13.2. The SMILES string of the molecule is CC1=CCC(=C(C)C)C(O)CC(C)=CCC1. The van der Waals surface area contributed by atoms with Gasteiger partial charge in [0.25, 0.3) is 0 Å². The largest absolute Gasteiger partial charge is 0.388 e. The van der Waals surface area contributed by atoms with Gasteiger partial charge in [-0.05, 0) is 59.0 Å². The molecule has 1 aliphatic rings. The Morgan fingerprint density at radius 2 is 1.88 bits per heavy atom. The van der Waals surface area contributed by atoms with Gasteiger partial charge in [0.15, 0.2) is 0 Å². The second kappa shape index (κ2) is 6.05. The minimum Gasteiger partial charge on any atom is -0.388 e. The van der Waals surface area contributed by atoms with E-state index in [0.29, 0.717) is 0 Å². The number of rotatable bonds is 0. The minimum atomic E-state index is -0.302. The first-order valence-electron chi connectivity index (χ1n) is 6.16. The predicted octanol–water partition coefficient (Wildman–Crippen LogP) is 4.15. The van der Waals surface area contributed by atoms with Crippen LogP contribution in [0.25, 0.3) is 0 Å². The van der Waals surface area contributed by atoms with Crippen molar-refractivity contribution in [3.63, 3.8) is 0 Å². The quantitative estimate of drug-likeness (QED) is 0.608. The average Bonchev–Trinajstić information content (AvgIpc) is 2.16. The molecule has 0 fully saturated rings. The van der Waals surface area contributed by atoms with Gasteiger partial charge in [0.05, 0.1) is 6.10 Å². The molecule has 0 radical (unpaired) electrons. The van der Waals surface area contributed by atoms with E-state index in [2.05, 4.69) is 39.8 Å². The Kier molecular flexibility index (Phi) is 5.01. The highest BCUT2D eigenvalue weighted by atomic mass is 16.3. The summed E-state index contributed by atoms with van der Waals surface area (Å²) in [6, 6.07) is 0. The maximum absolute atomic E-state index is 10.2. The van der Waals surface area contributed by atoms with Crippen LogP contribution in [0.15, 0.2) is 34.4 Å². The van der Waals surface area contributed by atoms with Crippen molar-refractivity contribution >= 4 is 0 Å². The molecule has 0 aromatic carbocycles. The molecule has 90 valence electrons. The van der Waals surface area contributed by atoms with Gasteiger partial charge < -0.3 is 5.11 Å². The van der Waals surface area contributed by atoms with Crippen LogP contribution in [0, 0.1) is 0 Å². The molecule has 1 aliphatic carbocycles. The molecular formula is C15H24O. The lowest BCUT2D eigenvalue weighted by molar-refractivity contribution is 0.207. The molecule has 0 heterocycles. The van der Waals surface area contributed by atoms with Crippen LogP contribution >= 0.6 is 0 Å². The van der Waals surface area contributed by atoms with E-state index >= 15 is 0 Å². The number of hydrogen-bond donors (Lipinski definition) is 1. The molecular weight excluding hydrogens is 196 g/mol. The molecule has 0 amide bonds. The summed E-state index contributed by atoms with van der Waals surface area (Å²) in [6.45, 7) is 8.48. The third-order valence-electron chi connectivity index (χ3n) is 3.26. The van der Waals surface area contributed by atoms with E-state index in [9.17, 15) is 5.11 Å². The van der Waals surface area contributed by atoms with Crippen molar-refractivity contribution in [2.45, 2.75) is 59.5 Å². The summed E-state index contributed by atoms with van der Waals surface area (Å²) < 4.78 is 0. The van der Waals surface area contributed by atoms with Crippen molar-refractivity contribution in [3.8, 4) is 0 Å². The lowest BCUT2D eigenvalue weighted by Gasteiger charge is -2.18. The van der Waals surface area contributed by atoms with Crippen molar-refractivity contribution in [3.05, 3.63) is 34.4 Å². The summed E-state index contributed by atoms with van der Waals surface area (Å²) in [7, 11) is 0. The third-order valence-corrected chi connectivity index (χ3v) is 3.26. The minimum absolute atomic E-state index is 0.302. The molecule has 1 nitrogen and oxygen atoms in total. The Hall–Kier alpha value is -0.820. The van der Waals surface area contributed by atoms with Crippen molar-refractivity contribution in [1.29, 1.82) is 0 Å². The van der Waals surface area contributed by atoms with E-state index in [1.165, 1.54) is 22.3 Å². The molecule has 0 saturated heterocycles. The van der Waals surface area contributed by atoms with Gasteiger partial charge in [0.2, 0.25) is 0 Å². The number of aliphatic hydroxyl groups excluding tert-OH is 1. The van der Waals surface area contributed by atoms with E-state index in [-0.39, 0.29) is 6.10 Å². The Bertz CT molecular complexity index is 327. The highest BCUT2D eigenvalue weighted by Gasteiger charge is 2.13. The van der Waals surface area contributed by atoms with Crippen LogP contribution < -0.4 is 0 Å². The van der Waals surface area contributed by atoms with Gasteiger partial charge in [0.1, 0.15) is 0 Å². The zero-order valence-electron chi connectivity index (χ0n) is 11.0. The summed E-state index contributed by atoms with van der Waals surface area (Å²) in [4.78, 5) is 0. The molecule has 1 N–H and O–H groups in total. The summed E-state index contributed by atoms with van der Waals surface area (Å²) >= 11 is 0. The molecule has 1 atom stereocenters. The van der Waals surface area contributed by atoms with Crippen LogP contribution in [0.4, 0.5) is 0 Å². The monoisotopic (exact) mass is 220 g/mol.